The monoisotopic (exact) mass is 178 g/mol. The summed E-state index contributed by atoms with van der Waals surface area (Å²) in [5, 5.41) is 3.87. The third-order valence-corrected chi connectivity index (χ3v) is 1.75. The lowest BCUT2D eigenvalue weighted by Gasteiger charge is -2.11. The number of ketones is 1. The molecule has 1 aromatic rings. The van der Waals surface area contributed by atoms with Crippen LogP contribution in [0.5, 0.6) is 0 Å². The van der Waals surface area contributed by atoms with Gasteiger partial charge < -0.3 is 0 Å². The van der Waals surface area contributed by atoms with Crippen LogP contribution in [0.4, 0.5) is 5.69 Å². The second kappa shape index (κ2) is 3.80. The zero-order valence-electron chi connectivity index (χ0n) is 7.52. The van der Waals surface area contributed by atoms with E-state index in [-0.39, 0.29) is 5.78 Å². The summed E-state index contributed by atoms with van der Waals surface area (Å²) < 4.78 is 0. The molecule has 0 saturated heterocycles. The molecule has 0 N–H and O–H groups in total. The number of nitroso groups, excluding NO2 is 1. The Bertz CT molecular complexity index is 336. The Labute approximate surface area is 76.1 Å². The van der Waals surface area contributed by atoms with Gasteiger partial charge in [-0.05, 0) is 19.1 Å². The summed E-state index contributed by atoms with van der Waals surface area (Å²) >= 11 is 0. The van der Waals surface area contributed by atoms with Gasteiger partial charge in [0.25, 0.3) is 0 Å². The molecule has 68 valence electrons. The number of carbonyl (C=O) groups is 1. The standard InChI is InChI=1S/C9H10N2O2/c1-7(12)8-5-3-4-6-9(8)11(2)10-13/h3-6H,1-2H3. The minimum Gasteiger partial charge on any atom is -0.294 e. The van der Waals surface area contributed by atoms with Gasteiger partial charge in [-0.2, -0.15) is 0 Å². The number of carbonyl (C=O) groups excluding carboxylic acids is 1. The maximum atomic E-state index is 11.1. The Balaban J connectivity index is 3.19. The van der Waals surface area contributed by atoms with E-state index in [1.165, 1.54) is 14.0 Å². The highest BCUT2D eigenvalue weighted by Gasteiger charge is 2.09. The summed E-state index contributed by atoms with van der Waals surface area (Å²) in [6.45, 7) is 1.46. The van der Waals surface area contributed by atoms with Crippen LogP contribution in [0, 0.1) is 4.91 Å². The van der Waals surface area contributed by atoms with Crippen molar-refractivity contribution in [2.45, 2.75) is 6.92 Å². The second-order valence-corrected chi connectivity index (χ2v) is 2.68. The molecular weight excluding hydrogens is 168 g/mol. The highest BCUT2D eigenvalue weighted by Crippen LogP contribution is 2.19. The molecule has 0 atom stereocenters. The molecule has 0 amide bonds. The lowest BCUT2D eigenvalue weighted by atomic mass is 10.1. The van der Waals surface area contributed by atoms with Crippen LogP contribution in [0.3, 0.4) is 0 Å². The molecule has 1 rings (SSSR count). The first kappa shape index (κ1) is 9.38. The number of nitrogens with zero attached hydrogens (tertiary/aromatic N) is 2. The Morgan fingerprint density at radius 3 is 2.54 bits per heavy atom. The van der Waals surface area contributed by atoms with Gasteiger partial charge in [0.2, 0.25) is 0 Å². The molecule has 4 heteroatoms. The zero-order valence-corrected chi connectivity index (χ0v) is 7.52. The Kier molecular flexibility index (Phi) is 2.74. The van der Waals surface area contributed by atoms with Gasteiger partial charge in [-0.3, -0.25) is 4.79 Å². The average molecular weight is 178 g/mol. The van der Waals surface area contributed by atoms with Crippen LogP contribution in [0.15, 0.2) is 29.6 Å². The van der Waals surface area contributed by atoms with Crippen molar-refractivity contribution in [3.8, 4) is 0 Å². The quantitative estimate of drug-likeness (QED) is 0.404. The fourth-order valence-corrected chi connectivity index (χ4v) is 1.10. The largest absolute Gasteiger partial charge is 0.294 e. The summed E-state index contributed by atoms with van der Waals surface area (Å²) in [4.78, 5) is 21.4. The van der Waals surface area contributed by atoms with Crippen molar-refractivity contribution in [2.24, 2.45) is 5.29 Å². The summed E-state index contributed by atoms with van der Waals surface area (Å²) in [5.74, 6) is -0.0777. The minimum absolute atomic E-state index is 0.0777. The Morgan fingerprint density at radius 2 is 2.00 bits per heavy atom. The number of para-hydroxylation sites is 1. The molecule has 0 unspecified atom stereocenters. The summed E-state index contributed by atoms with van der Waals surface area (Å²) in [7, 11) is 1.51. The number of anilines is 1. The van der Waals surface area contributed by atoms with Crippen molar-refractivity contribution in [3.63, 3.8) is 0 Å². The van der Waals surface area contributed by atoms with Crippen LogP contribution >= 0.6 is 0 Å². The molecule has 0 spiro atoms. The molecular formula is C9H10N2O2. The van der Waals surface area contributed by atoms with Gasteiger partial charge in [-0.15, -0.1) is 4.91 Å². The number of hydrogen-bond acceptors (Lipinski definition) is 3. The van der Waals surface area contributed by atoms with Crippen molar-refractivity contribution < 1.29 is 4.79 Å². The van der Waals surface area contributed by atoms with Crippen molar-refractivity contribution in [3.05, 3.63) is 34.7 Å². The molecule has 13 heavy (non-hydrogen) atoms. The van der Waals surface area contributed by atoms with Gasteiger partial charge in [-0.25, -0.2) is 5.01 Å². The first-order chi connectivity index (χ1) is 6.16. The van der Waals surface area contributed by atoms with Crippen LogP contribution < -0.4 is 5.01 Å². The van der Waals surface area contributed by atoms with Crippen molar-refractivity contribution in [2.75, 3.05) is 12.1 Å². The Hall–Kier alpha value is -1.71. The highest BCUT2D eigenvalue weighted by atomic mass is 16.3. The third-order valence-electron chi connectivity index (χ3n) is 1.75. The SMILES string of the molecule is CC(=O)c1ccccc1N(C)N=O. The van der Waals surface area contributed by atoms with E-state index >= 15 is 0 Å². The van der Waals surface area contributed by atoms with Gasteiger partial charge in [-0.1, -0.05) is 12.1 Å². The van der Waals surface area contributed by atoms with Gasteiger partial charge in [0.05, 0.1) is 11.0 Å². The molecule has 0 radical (unpaired) electrons. The zero-order chi connectivity index (χ0) is 9.84. The topological polar surface area (TPSA) is 49.7 Å². The molecule has 0 heterocycles. The molecule has 0 aliphatic rings. The van der Waals surface area contributed by atoms with Crippen LogP contribution in [-0.4, -0.2) is 12.8 Å². The van der Waals surface area contributed by atoms with E-state index in [1.807, 2.05) is 0 Å². The van der Waals surface area contributed by atoms with E-state index in [2.05, 4.69) is 5.29 Å². The van der Waals surface area contributed by atoms with Crippen molar-refractivity contribution in [1.29, 1.82) is 0 Å². The molecule has 0 fully saturated rings. The van der Waals surface area contributed by atoms with Gasteiger partial charge in [0.15, 0.2) is 5.78 Å². The van der Waals surface area contributed by atoms with E-state index in [0.717, 1.165) is 5.01 Å². The van der Waals surface area contributed by atoms with E-state index in [0.29, 0.717) is 11.3 Å². The second-order valence-electron chi connectivity index (χ2n) is 2.68. The normalized spacial score (nSPS) is 9.38. The fraction of sp³-hybridized carbons (Fsp3) is 0.222. The van der Waals surface area contributed by atoms with E-state index in [9.17, 15) is 9.70 Å². The number of benzene rings is 1. The highest BCUT2D eigenvalue weighted by molar-refractivity contribution is 5.99. The van der Waals surface area contributed by atoms with Gasteiger partial charge in [0, 0.05) is 12.6 Å². The lowest BCUT2D eigenvalue weighted by molar-refractivity contribution is 0.101. The van der Waals surface area contributed by atoms with Crippen LogP contribution in [0.1, 0.15) is 17.3 Å². The maximum absolute atomic E-state index is 11.1. The predicted molar refractivity (Wildman–Crippen MR) is 50.6 cm³/mol. The third kappa shape index (κ3) is 1.90. The van der Waals surface area contributed by atoms with E-state index in [4.69, 9.17) is 0 Å². The smallest absolute Gasteiger partial charge is 0.161 e. The number of Topliss-reactive ketones (excluding diaryl/α,β-unsaturated/α-hetero) is 1. The first-order valence-corrected chi connectivity index (χ1v) is 3.83. The summed E-state index contributed by atoms with van der Waals surface area (Å²) in [5.41, 5.74) is 1.04. The molecule has 0 aromatic heterocycles. The van der Waals surface area contributed by atoms with Gasteiger partial charge >= 0.3 is 0 Å². The average Bonchev–Trinajstić information content (AvgIpc) is 2.16. The molecule has 0 aliphatic heterocycles. The number of rotatable bonds is 3. The van der Waals surface area contributed by atoms with E-state index in [1.54, 1.807) is 24.3 Å². The minimum atomic E-state index is -0.0777. The Morgan fingerprint density at radius 1 is 1.38 bits per heavy atom. The van der Waals surface area contributed by atoms with Crippen LogP contribution in [-0.2, 0) is 0 Å². The molecule has 1 aromatic carbocycles. The summed E-state index contributed by atoms with van der Waals surface area (Å²) in [6.07, 6.45) is 0. The fourth-order valence-electron chi connectivity index (χ4n) is 1.10. The summed E-state index contributed by atoms with van der Waals surface area (Å²) in [6, 6.07) is 6.85. The molecule has 0 bridgehead atoms. The molecule has 0 saturated carbocycles. The predicted octanol–water partition coefficient (Wildman–Crippen LogP) is 2.01. The van der Waals surface area contributed by atoms with Gasteiger partial charge in [0.1, 0.15) is 0 Å². The van der Waals surface area contributed by atoms with Crippen LogP contribution in [0.25, 0.3) is 0 Å². The van der Waals surface area contributed by atoms with Crippen molar-refractivity contribution in [1.82, 2.24) is 0 Å². The van der Waals surface area contributed by atoms with Crippen LogP contribution in [0.2, 0.25) is 0 Å². The molecule has 0 aliphatic carbocycles. The number of hydrogen-bond donors (Lipinski definition) is 0. The molecule has 4 nitrogen and oxygen atoms in total. The van der Waals surface area contributed by atoms with E-state index < -0.39 is 0 Å². The lowest BCUT2D eigenvalue weighted by Crippen LogP contribution is -2.11. The van der Waals surface area contributed by atoms with Crippen molar-refractivity contribution >= 4 is 11.5 Å². The first-order valence-electron chi connectivity index (χ1n) is 3.83. The maximum Gasteiger partial charge on any atom is 0.161 e.